The lowest BCUT2D eigenvalue weighted by atomic mass is 10.3. The summed E-state index contributed by atoms with van der Waals surface area (Å²) in [6, 6.07) is 12.4. The van der Waals surface area contributed by atoms with Crippen molar-refractivity contribution < 1.29 is 13.9 Å². The molecule has 1 amide bonds. The quantitative estimate of drug-likeness (QED) is 0.792. The maximum Gasteiger partial charge on any atom is 0.293 e. The van der Waals surface area contributed by atoms with Crippen molar-refractivity contribution in [2.24, 2.45) is 0 Å². The van der Waals surface area contributed by atoms with Gasteiger partial charge < -0.3 is 9.15 Å². The molecule has 0 saturated carbocycles. The summed E-state index contributed by atoms with van der Waals surface area (Å²) in [5.74, 6) is 0.725. The minimum Gasteiger partial charge on any atom is -0.426 e. The van der Waals surface area contributed by atoms with Gasteiger partial charge in [-0.15, -0.1) is 11.3 Å². The number of anilines is 1. The Balaban J connectivity index is 1.69. The number of thiazole rings is 1. The first-order valence-corrected chi connectivity index (χ1v) is 6.73. The second kappa shape index (κ2) is 5.58. The zero-order valence-corrected chi connectivity index (χ0v) is 11.1. The zero-order valence-electron chi connectivity index (χ0n) is 10.3. The number of carbonyl (C=O) groups is 1. The van der Waals surface area contributed by atoms with Crippen molar-refractivity contribution in [1.29, 1.82) is 0 Å². The molecule has 100 valence electrons. The highest BCUT2D eigenvalue weighted by Gasteiger charge is 2.13. The zero-order chi connectivity index (χ0) is 13.8. The van der Waals surface area contributed by atoms with Crippen LogP contribution in [-0.2, 0) is 0 Å². The van der Waals surface area contributed by atoms with E-state index in [0.717, 1.165) is 0 Å². The lowest BCUT2D eigenvalue weighted by Crippen LogP contribution is -2.10. The van der Waals surface area contributed by atoms with Crippen LogP contribution in [0, 0.1) is 0 Å². The third kappa shape index (κ3) is 2.86. The maximum atomic E-state index is 11.9. The fourth-order valence-electron chi connectivity index (χ4n) is 1.55. The summed E-state index contributed by atoms with van der Waals surface area (Å²) in [7, 11) is 0. The number of hydrogen-bond acceptors (Lipinski definition) is 5. The Hall–Kier alpha value is -2.60. The Kier molecular flexibility index (Phi) is 3.47. The molecule has 0 aliphatic carbocycles. The summed E-state index contributed by atoms with van der Waals surface area (Å²) in [4.78, 5) is 15.9. The molecule has 0 saturated heterocycles. The first-order chi connectivity index (χ1) is 9.81. The van der Waals surface area contributed by atoms with Crippen LogP contribution in [0.5, 0.6) is 11.7 Å². The SMILES string of the molecule is O=C(Nc1nccs1)c1ccc(Oc2ccccc2)o1. The van der Waals surface area contributed by atoms with Gasteiger partial charge in [-0.3, -0.25) is 10.1 Å². The Morgan fingerprint density at radius 3 is 2.80 bits per heavy atom. The van der Waals surface area contributed by atoms with E-state index in [0.29, 0.717) is 10.9 Å². The molecular formula is C14H10N2O3S. The molecule has 20 heavy (non-hydrogen) atoms. The smallest absolute Gasteiger partial charge is 0.293 e. The second-order valence-corrected chi connectivity index (χ2v) is 4.72. The number of nitrogens with one attached hydrogen (secondary N) is 1. The van der Waals surface area contributed by atoms with E-state index in [1.807, 2.05) is 18.2 Å². The highest BCUT2D eigenvalue weighted by Crippen LogP contribution is 2.24. The van der Waals surface area contributed by atoms with Crippen LogP contribution < -0.4 is 10.1 Å². The van der Waals surface area contributed by atoms with Gasteiger partial charge in [0.25, 0.3) is 11.9 Å². The molecule has 0 spiro atoms. The Morgan fingerprint density at radius 2 is 2.05 bits per heavy atom. The average Bonchev–Trinajstić information content (AvgIpc) is 3.11. The van der Waals surface area contributed by atoms with Gasteiger partial charge in [0.2, 0.25) is 0 Å². The van der Waals surface area contributed by atoms with Crippen molar-refractivity contribution in [1.82, 2.24) is 4.98 Å². The van der Waals surface area contributed by atoms with Crippen LogP contribution >= 0.6 is 11.3 Å². The lowest BCUT2D eigenvalue weighted by Gasteiger charge is -2.01. The van der Waals surface area contributed by atoms with E-state index >= 15 is 0 Å². The van der Waals surface area contributed by atoms with Gasteiger partial charge in [0, 0.05) is 17.6 Å². The summed E-state index contributed by atoms with van der Waals surface area (Å²) in [5.41, 5.74) is 0. The number of furan rings is 1. The molecule has 0 radical (unpaired) electrons. The summed E-state index contributed by atoms with van der Waals surface area (Å²) < 4.78 is 10.8. The van der Waals surface area contributed by atoms with Gasteiger partial charge in [-0.25, -0.2) is 4.98 Å². The highest BCUT2D eigenvalue weighted by atomic mass is 32.1. The molecule has 1 N–H and O–H groups in total. The van der Waals surface area contributed by atoms with E-state index in [2.05, 4.69) is 10.3 Å². The van der Waals surface area contributed by atoms with Crippen molar-refractivity contribution in [2.45, 2.75) is 0 Å². The lowest BCUT2D eigenvalue weighted by molar-refractivity contribution is 0.0992. The minimum atomic E-state index is -0.358. The number of carbonyl (C=O) groups excluding carboxylic acids is 1. The summed E-state index contributed by atoms with van der Waals surface area (Å²) in [5, 5.41) is 4.94. The first kappa shape index (κ1) is 12.4. The number of para-hydroxylation sites is 1. The van der Waals surface area contributed by atoms with Crippen LogP contribution in [0.3, 0.4) is 0 Å². The van der Waals surface area contributed by atoms with Crippen LogP contribution in [-0.4, -0.2) is 10.9 Å². The number of amides is 1. The minimum absolute atomic E-state index is 0.172. The monoisotopic (exact) mass is 286 g/mol. The highest BCUT2D eigenvalue weighted by molar-refractivity contribution is 7.13. The average molecular weight is 286 g/mol. The summed E-state index contributed by atoms with van der Waals surface area (Å²) in [6.45, 7) is 0. The number of aromatic nitrogens is 1. The van der Waals surface area contributed by atoms with Gasteiger partial charge in [0.05, 0.1) is 0 Å². The molecule has 5 nitrogen and oxygen atoms in total. The molecule has 1 aromatic carbocycles. The number of ether oxygens (including phenoxy) is 1. The Bertz CT molecular complexity index is 692. The van der Waals surface area contributed by atoms with Crippen molar-refractivity contribution >= 4 is 22.4 Å². The number of rotatable bonds is 4. The third-order valence-corrected chi connectivity index (χ3v) is 3.11. The van der Waals surface area contributed by atoms with Crippen molar-refractivity contribution in [3.05, 3.63) is 59.8 Å². The molecular weight excluding hydrogens is 276 g/mol. The van der Waals surface area contributed by atoms with Crippen molar-refractivity contribution in [2.75, 3.05) is 5.32 Å². The molecule has 0 unspecified atom stereocenters. The molecule has 3 aromatic rings. The second-order valence-electron chi connectivity index (χ2n) is 3.83. The summed E-state index contributed by atoms with van der Waals surface area (Å²) >= 11 is 1.34. The first-order valence-electron chi connectivity index (χ1n) is 5.85. The molecule has 2 heterocycles. The van der Waals surface area contributed by atoms with Crippen molar-refractivity contribution in [3.63, 3.8) is 0 Å². The van der Waals surface area contributed by atoms with E-state index in [9.17, 15) is 4.79 Å². The largest absolute Gasteiger partial charge is 0.426 e. The standard InChI is InChI=1S/C14H10N2O3S/c17-13(16-14-15-8-9-20-14)11-6-7-12(19-11)18-10-4-2-1-3-5-10/h1-9H,(H,15,16,17). The van der Waals surface area contributed by atoms with Gasteiger partial charge in [-0.2, -0.15) is 0 Å². The molecule has 3 rings (SSSR count). The fourth-order valence-corrected chi connectivity index (χ4v) is 2.07. The Labute approximate surface area is 118 Å². The van der Waals surface area contributed by atoms with Gasteiger partial charge in [0.15, 0.2) is 10.9 Å². The normalized spacial score (nSPS) is 10.2. The molecule has 0 atom stereocenters. The van der Waals surface area contributed by atoms with E-state index in [-0.39, 0.29) is 17.6 Å². The van der Waals surface area contributed by atoms with Crippen molar-refractivity contribution in [3.8, 4) is 11.7 Å². The van der Waals surface area contributed by atoms with E-state index in [1.54, 1.807) is 35.8 Å². The molecule has 0 aliphatic heterocycles. The maximum absolute atomic E-state index is 11.9. The van der Waals surface area contributed by atoms with E-state index in [1.165, 1.54) is 11.3 Å². The number of benzene rings is 1. The van der Waals surface area contributed by atoms with Crippen LogP contribution in [0.1, 0.15) is 10.6 Å². The van der Waals surface area contributed by atoms with E-state index < -0.39 is 0 Å². The molecule has 0 bridgehead atoms. The Morgan fingerprint density at radius 1 is 1.20 bits per heavy atom. The van der Waals surface area contributed by atoms with Crippen LogP contribution in [0.2, 0.25) is 0 Å². The van der Waals surface area contributed by atoms with Crippen LogP contribution in [0.25, 0.3) is 0 Å². The van der Waals surface area contributed by atoms with Gasteiger partial charge in [-0.05, 0) is 18.2 Å². The predicted molar refractivity (Wildman–Crippen MR) is 75.3 cm³/mol. The molecule has 0 fully saturated rings. The third-order valence-electron chi connectivity index (χ3n) is 2.42. The van der Waals surface area contributed by atoms with Gasteiger partial charge >= 0.3 is 0 Å². The topological polar surface area (TPSA) is 64.4 Å². The van der Waals surface area contributed by atoms with Gasteiger partial charge in [0.1, 0.15) is 5.75 Å². The fraction of sp³-hybridized carbons (Fsp3) is 0. The number of nitrogens with zero attached hydrogens (tertiary/aromatic N) is 1. The molecule has 2 aromatic heterocycles. The summed E-state index contributed by atoms with van der Waals surface area (Å²) in [6.07, 6.45) is 1.62. The number of hydrogen-bond donors (Lipinski definition) is 1. The molecule has 6 heteroatoms. The van der Waals surface area contributed by atoms with Gasteiger partial charge in [-0.1, -0.05) is 18.2 Å². The predicted octanol–water partition coefficient (Wildman–Crippen LogP) is 3.78. The van der Waals surface area contributed by atoms with Crippen LogP contribution in [0.4, 0.5) is 5.13 Å². The van der Waals surface area contributed by atoms with Crippen LogP contribution in [0.15, 0.2) is 58.5 Å². The van der Waals surface area contributed by atoms with E-state index in [4.69, 9.17) is 9.15 Å². The molecule has 0 aliphatic rings.